The summed E-state index contributed by atoms with van der Waals surface area (Å²) in [6, 6.07) is 7.31. The van der Waals surface area contributed by atoms with Crippen molar-refractivity contribution in [2.24, 2.45) is 0 Å². The van der Waals surface area contributed by atoms with E-state index in [1.54, 1.807) is 13.0 Å². The normalized spacial score (nSPS) is 10.9. The first-order chi connectivity index (χ1) is 8.50. The van der Waals surface area contributed by atoms with Crippen molar-refractivity contribution in [2.45, 2.75) is 26.8 Å². The molecule has 0 saturated heterocycles. The van der Waals surface area contributed by atoms with Gasteiger partial charge in [0, 0.05) is 11.4 Å². The minimum absolute atomic E-state index is 0.0177. The number of aromatic nitrogens is 1. The minimum Gasteiger partial charge on any atom is -0.505 e. The topological polar surface area (TPSA) is 62.2 Å². The lowest BCUT2D eigenvalue weighted by Gasteiger charge is -2.13. The highest BCUT2D eigenvalue weighted by molar-refractivity contribution is 6.08. The van der Waals surface area contributed by atoms with E-state index in [1.807, 2.05) is 32.0 Å². The van der Waals surface area contributed by atoms with Crippen LogP contribution in [0, 0.1) is 6.92 Å². The van der Waals surface area contributed by atoms with E-state index in [0.29, 0.717) is 22.2 Å². The number of benzene rings is 1. The van der Waals surface area contributed by atoms with Crippen molar-refractivity contribution in [3.63, 3.8) is 0 Å². The van der Waals surface area contributed by atoms with E-state index in [0.717, 1.165) is 0 Å². The molecule has 0 fully saturated rings. The number of hydrogen-bond acceptors (Lipinski definition) is 3. The largest absolute Gasteiger partial charge is 0.505 e. The van der Waals surface area contributed by atoms with Crippen LogP contribution in [-0.2, 0) is 0 Å². The van der Waals surface area contributed by atoms with Crippen LogP contribution in [0.15, 0.2) is 24.3 Å². The Kier molecular flexibility index (Phi) is 3.19. The average Bonchev–Trinajstić information content (AvgIpc) is 2.29. The van der Waals surface area contributed by atoms with Crippen LogP contribution in [0.25, 0.3) is 10.9 Å². The number of carbonyl (C=O) groups excluding carboxylic acids is 1. The zero-order valence-corrected chi connectivity index (χ0v) is 10.7. The van der Waals surface area contributed by atoms with Gasteiger partial charge in [-0.3, -0.25) is 4.79 Å². The van der Waals surface area contributed by atoms with Crippen LogP contribution in [0.2, 0.25) is 0 Å². The van der Waals surface area contributed by atoms with E-state index >= 15 is 0 Å². The predicted molar refractivity (Wildman–Crippen MR) is 70.7 cm³/mol. The molecule has 0 unspecified atom stereocenters. The molecule has 0 aliphatic rings. The molecule has 1 heterocycles. The van der Waals surface area contributed by atoms with Crippen molar-refractivity contribution in [1.82, 2.24) is 10.3 Å². The summed E-state index contributed by atoms with van der Waals surface area (Å²) in [6.45, 7) is 5.45. The first-order valence-electron chi connectivity index (χ1n) is 5.90. The molecule has 4 nitrogen and oxygen atoms in total. The van der Waals surface area contributed by atoms with Gasteiger partial charge in [0.25, 0.3) is 5.91 Å². The van der Waals surface area contributed by atoms with Gasteiger partial charge in [0.15, 0.2) is 0 Å². The number of rotatable bonds is 2. The van der Waals surface area contributed by atoms with Crippen molar-refractivity contribution in [2.75, 3.05) is 0 Å². The van der Waals surface area contributed by atoms with Crippen LogP contribution in [0.1, 0.15) is 29.9 Å². The maximum atomic E-state index is 12.1. The van der Waals surface area contributed by atoms with Gasteiger partial charge >= 0.3 is 0 Å². The smallest absolute Gasteiger partial charge is 0.256 e. The maximum absolute atomic E-state index is 12.1. The number of amides is 1. The maximum Gasteiger partial charge on any atom is 0.256 e. The second-order valence-corrected chi connectivity index (χ2v) is 4.57. The quantitative estimate of drug-likeness (QED) is 0.852. The SMILES string of the molecule is Cc1nc2ccccc2c(C(=O)NC(C)C)c1O. The summed E-state index contributed by atoms with van der Waals surface area (Å²) in [5.74, 6) is -0.323. The Morgan fingerprint density at radius 3 is 2.67 bits per heavy atom. The summed E-state index contributed by atoms with van der Waals surface area (Å²) in [6.07, 6.45) is 0. The third-order valence-electron chi connectivity index (χ3n) is 2.69. The highest BCUT2D eigenvalue weighted by Crippen LogP contribution is 2.28. The Bertz CT molecular complexity index is 606. The Balaban J connectivity index is 2.67. The number of nitrogens with one attached hydrogen (secondary N) is 1. The fourth-order valence-corrected chi connectivity index (χ4v) is 1.89. The van der Waals surface area contributed by atoms with E-state index in [4.69, 9.17) is 0 Å². The van der Waals surface area contributed by atoms with Gasteiger partial charge in [-0.25, -0.2) is 4.98 Å². The second-order valence-electron chi connectivity index (χ2n) is 4.57. The molecule has 0 aliphatic heterocycles. The van der Waals surface area contributed by atoms with Crippen molar-refractivity contribution < 1.29 is 9.90 Å². The molecular formula is C14H16N2O2. The van der Waals surface area contributed by atoms with Gasteiger partial charge < -0.3 is 10.4 Å². The summed E-state index contributed by atoms with van der Waals surface area (Å²) < 4.78 is 0. The molecule has 0 saturated carbocycles. The molecule has 0 bridgehead atoms. The first-order valence-corrected chi connectivity index (χ1v) is 5.90. The molecule has 2 aromatic rings. The van der Waals surface area contributed by atoms with E-state index in [9.17, 15) is 9.90 Å². The van der Waals surface area contributed by atoms with Crippen molar-refractivity contribution in [1.29, 1.82) is 0 Å². The van der Waals surface area contributed by atoms with Crippen LogP contribution in [-0.4, -0.2) is 22.0 Å². The predicted octanol–water partition coefficient (Wildman–Crippen LogP) is 2.39. The number of aryl methyl sites for hydroxylation is 1. The molecule has 0 aliphatic carbocycles. The molecule has 18 heavy (non-hydrogen) atoms. The summed E-state index contributed by atoms with van der Waals surface area (Å²) in [7, 11) is 0. The van der Waals surface area contributed by atoms with E-state index in [2.05, 4.69) is 10.3 Å². The zero-order valence-electron chi connectivity index (χ0n) is 10.7. The monoisotopic (exact) mass is 244 g/mol. The van der Waals surface area contributed by atoms with Gasteiger partial charge in [-0.2, -0.15) is 0 Å². The molecule has 1 amide bonds. The number of carbonyl (C=O) groups is 1. The standard InChI is InChI=1S/C14H16N2O2/c1-8(2)15-14(18)12-10-6-4-5-7-11(10)16-9(3)13(12)17/h4-8,17H,1-3H3,(H,15,18). The van der Waals surface area contributed by atoms with Crippen LogP contribution < -0.4 is 5.32 Å². The Morgan fingerprint density at radius 2 is 2.00 bits per heavy atom. The number of pyridine rings is 1. The summed E-state index contributed by atoms with van der Waals surface area (Å²) in [5, 5.41) is 13.5. The number of hydrogen-bond donors (Lipinski definition) is 2. The first kappa shape index (κ1) is 12.4. The Hall–Kier alpha value is -2.10. The second kappa shape index (κ2) is 4.64. The molecule has 94 valence electrons. The molecule has 2 N–H and O–H groups in total. The van der Waals surface area contributed by atoms with Crippen LogP contribution in [0.5, 0.6) is 5.75 Å². The zero-order chi connectivity index (χ0) is 13.3. The number of aromatic hydroxyl groups is 1. The van der Waals surface area contributed by atoms with E-state index in [-0.39, 0.29) is 17.7 Å². The molecule has 0 radical (unpaired) electrons. The summed E-state index contributed by atoms with van der Waals surface area (Å²) >= 11 is 0. The highest BCUT2D eigenvalue weighted by Gasteiger charge is 2.18. The Morgan fingerprint density at radius 1 is 1.33 bits per heavy atom. The highest BCUT2D eigenvalue weighted by atomic mass is 16.3. The molecule has 2 rings (SSSR count). The van der Waals surface area contributed by atoms with Crippen LogP contribution in [0.4, 0.5) is 0 Å². The summed E-state index contributed by atoms with van der Waals surface area (Å²) in [4.78, 5) is 16.4. The molecule has 1 aromatic heterocycles. The third kappa shape index (κ3) is 2.14. The van der Waals surface area contributed by atoms with Gasteiger partial charge in [-0.05, 0) is 26.8 Å². The molecule has 4 heteroatoms. The molecule has 1 aromatic carbocycles. The lowest BCUT2D eigenvalue weighted by atomic mass is 10.1. The van der Waals surface area contributed by atoms with Gasteiger partial charge in [-0.1, -0.05) is 18.2 Å². The van der Waals surface area contributed by atoms with E-state index in [1.165, 1.54) is 0 Å². The fourth-order valence-electron chi connectivity index (χ4n) is 1.89. The summed E-state index contributed by atoms with van der Waals surface area (Å²) in [5.41, 5.74) is 1.47. The van der Waals surface area contributed by atoms with Crippen molar-refractivity contribution >= 4 is 16.8 Å². The van der Waals surface area contributed by atoms with Crippen molar-refractivity contribution in [3.05, 3.63) is 35.5 Å². The molecular weight excluding hydrogens is 228 g/mol. The number of para-hydroxylation sites is 1. The molecule has 0 atom stereocenters. The van der Waals surface area contributed by atoms with Crippen molar-refractivity contribution in [3.8, 4) is 5.75 Å². The fraction of sp³-hybridized carbons (Fsp3) is 0.286. The average molecular weight is 244 g/mol. The number of nitrogens with zero attached hydrogens (tertiary/aromatic N) is 1. The van der Waals surface area contributed by atoms with Gasteiger partial charge in [0.2, 0.25) is 0 Å². The lowest BCUT2D eigenvalue weighted by molar-refractivity contribution is 0.0942. The van der Waals surface area contributed by atoms with Gasteiger partial charge in [-0.15, -0.1) is 0 Å². The number of fused-ring (bicyclic) bond motifs is 1. The van der Waals surface area contributed by atoms with Gasteiger partial charge in [0.1, 0.15) is 5.75 Å². The third-order valence-corrected chi connectivity index (χ3v) is 2.69. The van der Waals surface area contributed by atoms with Crippen LogP contribution >= 0.6 is 0 Å². The van der Waals surface area contributed by atoms with Gasteiger partial charge in [0.05, 0.1) is 16.8 Å². The van der Waals surface area contributed by atoms with Crippen LogP contribution in [0.3, 0.4) is 0 Å². The molecule has 0 spiro atoms. The minimum atomic E-state index is -0.274. The Labute approximate surface area is 106 Å². The lowest BCUT2D eigenvalue weighted by Crippen LogP contribution is -2.30. The van der Waals surface area contributed by atoms with E-state index < -0.39 is 0 Å².